The number of hydrogen-bond donors (Lipinski definition) is 1. The van der Waals surface area contributed by atoms with Gasteiger partial charge in [0.1, 0.15) is 11.6 Å². The van der Waals surface area contributed by atoms with Gasteiger partial charge in [-0.15, -0.1) is 13.2 Å². The summed E-state index contributed by atoms with van der Waals surface area (Å²) in [7, 11) is 0. The van der Waals surface area contributed by atoms with Crippen molar-refractivity contribution in [2.75, 3.05) is 32.8 Å². The Balaban J connectivity index is 4.71. The minimum atomic E-state index is -0.418. The summed E-state index contributed by atoms with van der Waals surface area (Å²) in [6.45, 7) is 13.0. The second-order valence-electron chi connectivity index (χ2n) is 4.21. The second kappa shape index (κ2) is 12.6. The number of hydrogen-bond acceptors (Lipinski definition) is 5. The lowest BCUT2D eigenvalue weighted by Gasteiger charge is -2.19. The maximum atomic E-state index is 12.2. The predicted molar refractivity (Wildman–Crippen MR) is 85.7 cm³/mol. The zero-order valence-corrected chi connectivity index (χ0v) is 13.4. The fraction of sp³-hybridized carbons (Fsp3) is 0.500. The van der Waals surface area contributed by atoms with E-state index in [4.69, 9.17) is 14.7 Å². The van der Waals surface area contributed by atoms with E-state index >= 15 is 0 Å². The molecule has 0 heterocycles. The van der Waals surface area contributed by atoms with Crippen LogP contribution in [0.15, 0.2) is 37.1 Å². The quantitative estimate of drug-likeness (QED) is 0.256. The lowest BCUT2D eigenvalue weighted by molar-refractivity contribution is -0.131. The van der Waals surface area contributed by atoms with Gasteiger partial charge in [-0.25, -0.2) is 0 Å². The van der Waals surface area contributed by atoms with Crippen LogP contribution in [0.2, 0.25) is 0 Å². The number of carbonyl (C=O) groups is 1. The van der Waals surface area contributed by atoms with Gasteiger partial charge in [0.15, 0.2) is 6.29 Å². The lowest BCUT2D eigenvalue weighted by Crippen LogP contribution is -2.34. The van der Waals surface area contributed by atoms with Crippen molar-refractivity contribution in [3.05, 3.63) is 37.1 Å². The molecule has 0 aromatic rings. The second-order valence-corrected chi connectivity index (χ2v) is 4.21. The third-order valence-electron chi connectivity index (χ3n) is 2.57. The lowest BCUT2D eigenvalue weighted by atomic mass is 10.2. The van der Waals surface area contributed by atoms with Gasteiger partial charge in [0.2, 0.25) is 0 Å². The van der Waals surface area contributed by atoms with Gasteiger partial charge in [0.05, 0.1) is 6.54 Å². The van der Waals surface area contributed by atoms with Crippen LogP contribution in [0.4, 0.5) is 0 Å². The highest BCUT2D eigenvalue weighted by atomic mass is 16.7. The Hall–Kier alpha value is -2.10. The fourth-order valence-corrected chi connectivity index (χ4v) is 1.66. The molecule has 122 valence electrons. The van der Waals surface area contributed by atoms with Crippen LogP contribution >= 0.6 is 0 Å². The zero-order valence-electron chi connectivity index (χ0n) is 13.4. The molecule has 0 aromatic heterocycles. The first-order chi connectivity index (χ1) is 10.6. The molecule has 22 heavy (non-hydrogen) atoms. The molecule has 6 nitrogen and oxygen atoms in total. The summed E-state index contributed by atoms with van der Waals surface area (Å²) in [4.78, 5) is 13.7. The van der Waals surface area contributed by atoms with Gasteiger partial charge in [0.25, 0.3) is 5.91 Å². The first kappa shape index (κ1) is 19.9. The summed E-state index contributed by atoms with van der Waals surface area (Å²) in [6.07, 6.45) is 4.17. The average molecular weight is 307 g/mol. The van der Waals surface area contributed by atoms with E-state index in [-0.39, 0.29) is 11.5 Å². The molecule has 0 aliphatic heterocycles. The maximum absolute atomic E-state index is 12.2. The van der Waals surface area contributed by atoms with Crippen molar-refractivity contribution in [1.29, 1.82) is 5.26 Å². The highest BCUT2D eigenvalue weighted by Crippen LogP contribution is 2.02. The molecule has 0 unspecified atom stereocenters. The Morgan fingerprint density at radius 3 is 2.23 bits per heavy atom. The molecule has 0 aliphatic carbocycles. The summed E-state index contributed by atoms with van der Waals surface area (Å²) >= 11 is 0. The average Bonchev–Trinajstić information content (AvgIpc) is 2.51. The zero-order chi connectivity index (χ0) is 16.8. The molecule has 0 fully saturated rings. The molecule has 0 spiro atoms. The Morgan fingerprint density at radius 2 is 1.82 bits per heavy atom. The van der Waals surface area contributed by atoms with E-state index in [1.165, 1.54) is 11.1 Å². The molecule has 0 atom stereocenters. The van der Waals surface area contributed by atoms with Crippen LogP contribution in [0.1, 0.15) is 13.8 Å². The van der Waals surface area contributed by atoms with Crippen LogP contribution < -0.4 is 5.32 Å². The van der Waals surface area contributed by atoms with Crippen molar-refractivity contribution in [3.8, 4) is 6.07 Å². The summed E-state index contributed by atoms with van der Waals surface area (Å²) < 4.78 is 10.7. The van der Waals surface area contributed by atoms with E-state index in [1.54, 1.807) is 12.2 Å². The summed E-state index contributed by atoms with van der Waals surface area (Å²) in [5, 5.41) is 12.0. The van der Waals surface area contributed by atoms with Gasteiger partial charge < -0.3 is 19.7 Å². The third kappa shape index (κ3) is 7.62. The van der Waals surface area contributed by atoms with Gasteiger partial charge in [-0.2, -0.15) is 5.26 Å². The van der Waals surface area contributed by atoms with Crippen molar-refractivity contribution < 1.29 is 14.3 Å². The topological polar surface area (TPSA) is 74.6 Å². The standard InChI is InChI=1S/C16H25N3O3/c1-5-9-19(10-6-2)16(20)14(11-17)12-18-13-15(21-7-3)22-8-4/h5-6,12,15,18H,1-2,7-10,13H2,3-4H3/b14-12-. The van der Waals surface area contributed by atoms with Gasteiger partial charge in [-0.05, 0) is 13.8 Å². The van der Waals surface area contributed by atoms with E-state index in [0.29, 0.717) is 32.8 Å². The highest BCUT2D eigenvalue weighted by molar-refractivity contribution is 5.97. The smallest absolute Gasteiger partial charge is 0.266 e. The van der Waals surface area contributed by atoms with E-state index in [2.05, 4.69) is 18.5 Å². The first-order valence-corrected chi connectivity index (χ1v) is 7.22. The number of nitrogens with one attached hydrogen (secondary N) is 1. The van der Waals surface area contributed by atoms with E-state index in [9.17, 15) is 4.79 Å². The SMILES string of the molecule is C=CCN(CC=C)C(=O)/C(C#N)=C\NCC(OCC)OCC. The van der Waals surface area contributed by atoms with Crippen LogP contribution in [-0.4, -0.2) is 49.9 Å². The predicted octanol–water partition coefficient (Wildman–Crippen LogP) is 1.58. The Labute approximate surface area is 132 Å². The Morgan fingerprint density at radius 1 is 1.27 bits per heavy atom. The van der Waals surface area contributed by atoms with Crippen molar-refractivity contribution in [1.82, 2.24) is 10.2 Å². The molecule has 0 aromatic carbocycles. The third-order valence-corrected chi connectivity index (χ3v) is 2.57. The molecule has 0 saturated carbocycles. The summed E-state index contributed by atoms with van der Waals surface area (Å²) in [5.41, 5.74) is 0.00967. The van der Waals surface area contributed by atoms with E-state index in [1.807, 2.05) is 19.9 Å². The van der Waals surface area contributed by atoms with E-state index in [0.717, 1.165) is 0 Å². The first-order valence-electron chi connectivity index (χ1n) is 7.22. The molecule has 1 N–H and O–H groups in total. The molecular weight excluding hydrogens is 282 g/mol. The maximum Gasteiger partial charge on any atom is 0.266 e. The monoisotopic (exact) mass is 307 g/mol. The van der Waals surface area contributed by atoms with Crippen LogP contribution in [0.3, 0.4) is 0 Å². The summed E-state index contributed by atoms with van der Waals surface area (Å²) in [5.74, 6) is -0.376. The summed E-state index contributed by atoms with van der Waals surface area (Å²) in [6, 6.07) is 1.89. The van der Waals surface area contributed by atoms with Gasteiger partial charge >= 0.3 is 0 Å². The highest BCUT2D eigenvalue weighted by Gasteiger charge is 2.16. The molecule has 0 bridgehead atoms. The van der Waals surface area contributed by atoms with Crippen LogP contribution in [0.25, 0.3) is 0 Å². The minimum absolute atomic E-state index is 0.00967. The van der Waals surface area contributed by atoms with E-state index < -0.39 is 6.29 Å². The minimum Gasteiger partial charge on any atom is -0.385 e. The van der Waals surface area contributed by atoms with Crippen molar-refractivity contribution in [3.63, 3.8) is 0 Å². The number of carbonyl (C=O) groups excluding carboxylic acids is 1. The fourth-order valence-electron chi connectivity index (χ4n) is 1.66. The van der Waals surface area contributed by atoms with Gasteiger partial charge in [-0.1, -0.05) is 12.2 Å². The number of nitrogens with zero attached hydrogens (tertiary/aromatic N) is 2. The van der Waals surface area contributed by atoms with Crippen LogP contribution in [-0.2, 0) is 14.3 Å². The van der Waals surface area contributed by atoms with Crippen molar-refractivity contribution >= 4 is 5.91 Å². The normalized spacial score (nSPS) is 10.9. The molecular formula is C16H25N3O3. The molecule has 1 amide bonds. The molecule has 6 heteroatoms. The number of ether oxygens (including phenoxy) is 2. The van der Waals surface area contributed by atoms with Gasteiger partial charge in [0, 0.05) is 32.5 Å². The van der Waals surface area contributed by atoms with Crippen LogP contribution in [0.5, 0.6) is 0 Å². The van der Waals surface area contributed by atoms with Gasteiger partial charge in [-0.3, -0.25) is 4.79 Å². The molecule has 0 rings (SSSR count). The Kier molecular flexibility index (Phi) is 11.4. The van der Waals surface area contributed by atoms with Crippen LogP contribution in [0, 0.1) is 11.3 Å². The number of rotatable bonds is 12. The van der Waals surface area contributed by atoms with Crippen molar-refractivity contribution in [2.24, 2.45) is 0 Å². The number of amides is 1. The Bertz CT molecular complexity index is 411. The number of nitriles is 1. The largest absolute Gasteiger partial charge is 0.385 e. The van der Waals surface area contributed by atoms with Crippen molar-refractivity contribution in [2.45, 2.75) is 20.1 Å². The molecule has 0 aliphatic rings. The molecule has 0 radical (unpaired) electrons. The molecule has 0 saturated heterocycles.